The number of hydrogen-bond acceptors (Lipinski definition) is 7. The average molecular weight is 442 g/mol. The van der Waals surface area contributed by atoms with Gasteiger partial charge in [-0.2, -0.15) is 0 Å². The summed E-state index contributed by atoms with van der Waals surface area (Å²) >= 11 is 3.06. The van der Waals surface area contributed by atoms with Crippen LogP contribution in [0.2, 0.25) is 0 Å². The number of thiophene rings is 1. The summed E-state index contributed by atoms with van der Waals surface area (Å²) in [6.45, 7) is 1.33. The van der Waals surface area contributed by atoms with Crippen LogP contribution in [0.5, 0.6) is 0 Å². The van der Waals surface area contributed by atoms with Crippen molar-refractivity contribution in [2.45, 2.75) is 18.4 Å². The predicted molar refractivity (Wildman–Crippen MR) is 122 cm³/mol. The van der Waals surface area contributed by atoms with E-state index in [1.54, 1.807) is 23.8 Å². The minimum atomic E-state index is -0.673. The predicted octanol–water partition coefficient (Wildman–Crippen LogP) is 3.17. The Bertz CT molecular complexity index is 1040. The number of aromatic nitrogens is 1. The molecule has 1 aromatic carbocycles. The number of nitrogens with zero attached hydrogens (tertiary/aromatic N) is 2. The van der Waals surface area contributed by atoms with Crippen molar-refractivity contribution in [2.24, 2.45) is 5.73 Å². The third-order valence-electron chi connectivity index (χ3n) is 5.53. The maximum Gasteiger partial charge on any atom is 0.275 e. The highest BCUT2D eigenvalue weighted by Crippen LogP contribution is 2.32. The number of primary amides is 1. The second-order valence-corrected chi connectivity index (χ2v) is 8.98. The van der Waals surface area contributed by atoms with Crippen LogP contribution in [0.4, 0.5) is 11.4 Å². The zero-order valence-corrected chi connectivity index (χ0v) is 18.2. The van der Waals surface area contributed by atoms with Gasteiger partial charge in [0.1, 0.15) is 16.2 Å². The molecule has 0 aliphatic carbocycles. The number of thiazole rings is 1. The van der Waals surface area contributed by atoms with Crippen LogP contribution in [0, 0.1) is 0 Å². The highest BCUT2D eigenvalue weighted by atomic mass is 32.1. The molecule has 1 aliphatic rings. The van der Waals surface area contributed by atoms with E-state index >= 15 is 0 Å². The highest BCUT2D eigenvalue weighted by Gasteiger charge is 2.38. The Morgan fingerprint density at radius 3 is 2.57 bits per heavy atom. The third kappa shape index (κ3) is 3.96. The monoisotopic (exact) mass is 441 g/mol. The molecule has 2 amide bonds. The maximum absolute atomic E-state index is 12.8. The molecule has 0 atom stereocenters. The third-order valence-corrected chi connectivity index (χ3v) is 7.41. The molecule has 30 heavy (non-hydrogen) atoms. The first-order valence-corrected chi connectivity index (χ1v) is 11.4. The van der Waals surface area contributed by atoms with E-state index in [0.717, 1.165) is 21.3 Å². The van der Waals surface area contributed by atoms with Crippen LogP contribution in [0.25, 0.3) is 9.88 Å². The number of hydrogen-bond donors (Lipinski definition) is 3. The van der Waals surface area contributed by atoms with Crippen molar-refractivity contribution in [3.8, 4) is 9.88 Å². The SMILES string of the molecule is CNC1(C(N)=O)CCN(c2ccccc2NC(=O)c2csc(-c3cccs3)n2)CC1. The molecule has 3 heterocycles. The van der Waals surface area contributed by atoms with Gasteiger partial charge in [0.2, 0.25) is 5.91 Å². The van der Waals surface area contributed by atoms with E-state index in [4.69, 9.17) is 5.73 Å². The lowest BCUT2D eigenvalue weighted by Crippen LogP contribution is -2.59. The fourth-order valence-corrected chi connectivity index (χ4v) is 5.30. The summed E-state index contributed by atoms with van der Waals surface area (Å²) in [5.74, 6) is -0.559. The molecule has 0 spiro atoms. The van der Waals surface area contributed by atoms with E-state index in [2.05, 4.69) is 20.5 Å². The zero-order chi connectivity index (χ0) is 21.1. The van der Waals surface area contributed by atoms with Crippen molar-refractivity contribution in [3.05, 3.63) is 52.9 Å². The molecule has 2 aromatic heterocycles. The van der Waals surface area contributed by atoms with Gasteiger partial charge < -0.3 is 21.3 Å². The fraction of sp³-hybridized carbons (Fsp3) is 0.286. The second kappa shape index (κ2) is 8.55. The molecule has 0 unspecified atom stereocenters. The van der Waals surface area contributed by atoms with Gasteiger partial charge in [-0.15, -0.1) is 22.7 Å². The topological polar surface area (TPSA) is 100 Å². The number of piperidine rings is 1. The number of anilines is 2. The van der Waals surface area contributed by atoms with Crippen LogP contribution in [0.15, 0.2) is 47.2 Å². The van der Waals surface area contributed by atoms with Crippen LogP contribution in [-0.2, 0) is 4.79 Å². The molecule has 4 N–H and O–H groups in total. The molecule has 156 valence electrons. The fourth-order valence-electron chi connectivity index (χ4n) is 3.68. The largest absolute Gasteiger partial charge is 0.370 e. The van der Waals surface area contributed by atoms with Crippen molar-refractivity contribution in [1.29, 1.82) is 0 Å². The van der Waals surface area contributed by atoms with E-state index in [-0.39, 0.29) is 11.8 Å². The van der Waals surface area contributed by atoms with Gasteiger partial charge in [0.05, 0.1) is 16.3 Å². The summed E-state index contributed by atoms with van der Waals surface area (Å²) in [5.41, 5.74) is 6.99. The lowest BCUT2D eigenvalue weighted by Gasteiger charge is -2.41. The van der Waals surface area contributed by atoms with Crippen LogP contribution in [-0.4, -0.2) is 42.5 Å². The molecule has 3 aromatic rings. The van der Waals surface area contributed by atoms with Crippen LogP contribution >= 0.6 is 22.7 Å². The van der Waals surface area contributed by atoms with E-state index in [9.17, 15) is 9.59 Å². The maximum atomic E-state index is 12.8. The average Bonchev–Trinajstić information content (AvgIpc) is 3.46. The number of amides is 2. The Hall–Kier alpha value is -2.75. The first-order chi connectivity index (χ1) is 14.5. The lowest BCUT2D eigenvalue weighted by atomic mass is 9.86. The van der Waals surface area contributed by atoms with Gasteiger partial charge in [0, 0.05) is 18.5 Å². The van der Waals surface area contributed by atoms with Gasteiger partial charge >= 0.3 is 0 Å². The summed E-state index contributed by atoms with van der Waals surface area (Å²) in [4.78, 5) is 32.4. The van der Waals surface area contributed by atoms with Crippen molar-refractivity contribution < 1.29 is 9.59 Å². The zero-order valence-electron chi connectivity index (χ0n) is 16.6. The molecule has 1 fully saturated rings. The van der Waals surface area contributed by atoms with Crippen LogP contribution in [0.1, 0.15) is 23.3 Å². The smallest absolute Gasteiger partial charge is 0.275 e. The van der Waals surface area contributed by atoms with E-state index in [0.29, 0.717) is 31.6 Å². The number of benzene rings is 1. The number of nitrogens with two attached hydrogens (primary N) is 1. The molecule has 0 radical (unpaired) electrons. The standard InChI is InChI=1S/C21H23N5O2S2/c1-23-21(20(22)28)8-10-26(11-9-21)16-6-3-2-5-14(16)24-18(27)15-13-30-19(25-15)17-7-4-12-29-17/h2-7,12-13,23H,8-11H2,1H3,(H2,22,28)(H,24,27). The van der Waals surface area contributed by atoms with Crippen LogP contribution in [0.3, 0.4) is 0 Å². The van der Waals surface area contributed by atoms with E-state index < -0.39 is 5.54 Å². The Morgan fingerprint density at radius 2 is 1.90 bits per heavy atom. The normalized spacial score (nSPS) is 15.7. The van der Waals surface area contributed by atoms with Gasteiger partial charge in [-0.05, 0) is 43.5 Å². The molecule has 0 bridgehead atoms. The molecule has 7 nitrogen and oxygen atoms in total. The molecular formula is C21H23N5O2S2. The minimum Gasteiger partial charge on any atom is -0.370 e. The summed E-state index contributed by atoms with van der Waals surface area (Å²) in [6, 6.07) is 11.7. The number of carbonyl (C=O) groups excluding carboxylic acids is 2. The van der Waals surface area contributed by atoms with Crippen LogP contribution < -0.4 is 21.3 Å². The number of nitrogens with one attached hydrogen (secondary N) is 2. The first-order valence-electron chi connectivity index (χ1n) is 9.66. The number of likely N-dealkylation sites (N-methyl/N-ethyl adjacent to an activating group) is 1. The van der Waals surface area contributed by atoms with Gasteiger partial charge in [-0.25, -0.2) is 4.98 Å². The molecule has 0 saturated carbocycles. The Labute approximate surface area is 182 Å². The molecule has 4 rings (SSSR count). The molecule has 9 heteroatoms. The first kappa shape index (κ1) is 20.5. The molecule has 1 saturated heterocycles. The summed E-state index contributed by atoms with van der Waals surface area (Å²) < 4.78 is 0. The lowest BCUT2D eigenvalue weighted by molar-refractivity contribution is -0.125. The summed E-state index contributed by atoms with van der Waals surface area (Å²) in [6.07, 6.45) is 1.22. The van der Waals surface area contributed by atoms with Gasteiger partial charge in [-0.1, -0.05) is 18.2 Å². The number of rotatable bonds is 6. The molecule has 1 aliphatic heterocycles. The van der Waals surface area contributed by atoms with Crippen molar-refractivity contribution >= 4 is 45.9 Å². The second-order valence-electron chi connectivity index (χ2n) is 7.17. The van der Waals surface area contributed by atoms with Gasteiger partial charge in [0.15, 0.2) is 0 Å². The van der Waals surface area contributed by atoms with Crippen molar-refractivity contribution in [1.82, 2.24) is 10.3 Å². The Morgan fingerprint density at radius 1 is 1.13 bits per heavy atom. The van der Waals surface area contributed by atoms with E-state index in [1.807, 2.05) is 41.8 Å². The summed E-state index contributed by atoms with van der Waals surface area (Å²) in [7, 11) is 1.77. The minimum absolute atomic E-state index is 0.236. The van der Waals surface area contributed by atoms with Crippen molar-refractivity contribution in [2.75, 3.05) is 30.4 Å². The summed E-state index contributed by atoms with van der Waals surface area (Å²) in [5, 5.41) is 10.7. The highest BCUT2D eigenvalue weighted by molar-refractivity contribution is 7.20. The van der Waals surface area contributed by atoms with Gasteiger partial charge in [0.25, 0.3) is 5.91 Å². The molecular weight excluding hydrogens is 418 g/mol. The Kier molecular flexibility index (Phi) is 5.85. The van der Waals surface area contributed by atoms with Gasteiger partial charge in [-0.3, -0.25) is 9.59 Å². The number of para-hydroxylation sites is 2. The number of carbonyl (C=O) groups is 2. The quantitative estimate of drug-likeness (QED) is 0.546. The van der Waals surface area contributed by atoms with E-state index in [1.165, 1.54) is 11.3 Å². The Balaban J connectivity index is 1.49. The van der Waals surface area contributed by atoms with Crippen molar-refractivity contribution in [3.63, 3.8) is 0 Å².